The molecule has 33 heavy (non-hydrogen) atoms. The molecule has 4 aromatic rings. The van der Waals surface area contributed by atoms with E-state index in [1.165, 1.54) is 33.6 Å². The second kappa shape index (κ2) is 9.60. The highest BCUT2D eigenvalue weighted by atomic mass is 35.5. The minimum Gasteiger partial charge on any atom is -0.497 e. The second-order valence-corrected chi connectivity index (χ2v) is 7.64. The van der Waals surface area contributed by atoms with Crippen molar-refractivity contribution in [1.82, 2.24) is 15.2 Å². The fourth-order valence-corrected chi connectivity index (χ4v) is 3.89. The van der Waals surface area contributed by atoms with Crippen LogP contribution in [0, 0.1) is 5.82 Å². The van der Waals surface area contributed by atoms with Gasteiger partial charge in [-0.2, -0.15) is 0 Å². The predicted octanol–water partition coefficient (Wildman–Crippen LogP) is 6.34. The van der Waals surface area contributed by atoms with Crippen molar-refractivity contribution in [2.24, 2.45) is 0 Å². The minimum absolute atomic E-state index is 0.0476. The van der Waals surface area contributed by atoms with Gasteiger partial charge in [0.15, 0.2) is 5.15 Å². The van der Waals surface area contributed by atoms with E-state index in [9.17, 15) is 4.39 Å². The van der Waals surface area contributed by atoms with Gasteiger partial charge >= 0.3 is 0 Å². The van der Waals surface area contributed by atoms with E-state index in [0.29, 0.717) is 39.6 Å². The summed E-state index contributed by atoms with van der Waals surface area (Å²) >= 11 is 13.1. The van der Waals surface area contributed by atoms with Crippen LogP contribution in [0.1, 0.15) is 0 Å². The molecule has 0 saturated heterocycles. The summed E-state index contributed by atoms with van der Waals surface area (Å²) in [5.74, 6) is 1.05. The third-order valence-corrected chi connectivity index (χ3v) is 5.54. The molecule has 0 aliphatic rings. The van der Waals surface area contributed by atoms with Crippen LogP contribution in [-0.2, 0) is 0 Å². The first-order valence-electron chi connectivity index (χ1n) is 9.71. The number of aromatic nitrogens is 3. The highest BCUT2D eigenvalue weighted by Crippen LogP contribution is 2.45. The normalized spacial score (nSPS) is 10.7. The average Bonchev–Trinajstić information content (AvgIpc) is 2.84. The lowest BCUT2D eigenvalue weighted by Crippen LogP contribution is -2.01. The molecule has 0 saturated carbocycles. The van der Waals surface area contributed by atoms with Gasteiger partial charge in [0.25, 0.3) is 0 Å². The van der Waals surface area contributed by atoms with Gasteiger partial charge < -0.3 is 14.2 Å². The Labute approximate surface area is 199 Å². The fourth-order valence-electron chi connectivity index (χ4n) is 3.42. The van der Waals surface area contributed by atoms with Crippen molar-refractivity contribution < 1.29 is 18.6 Å². The summed E-state index contributed by atoms with van der Waals surface area (Å²) in [6.07, 6.45) is 1.51. The Morgan fingerprint density at radius 2 is 1.42 bits per heavy atom. The SMILES string of the molecule is COc1cc(OC)cc(-c2c(-c3ccccc3F)nnc(Cl)c2-c2ncc(OC)cc2Cl)c1. The molecule has 2 heterocycles. The molecule has 0 bridgehead atoms. The number of hydrogen-bond acceptors (Lipinski definition) is 6. The van der Waals surface area contributed by atoms with Crippen molar-refractivity contribution in [2.45, 2.75) is 0 Å². The van der Waals surface area contributed by atoms with Crippen molar-refractivity contribution in [2.75, 3.05) is 21.3 Å². The van der Waals surface area contributed by atoms with Crippen LogP contribution in [0.3, 0.4) is 0 Å². The molecule has 2 aromatic heterocycles. The smallest absolute Gasteiger partial charge is 0.161 e. The van der Waals surface area contributed by atoms with Crippen molar-refractivity contribution in [3.05, 3.63) is 70.7 Å². The molecule has 4 rings (SSSR count). The zero-order valence-corrected chi connectivity index (χ0v) is 19.4. The van der Waals surface area contributed by atoms with E-state index < -0.39 is 5.82 Å². The largest absolute Gasteiger partial charge is 0.497 e. The van der Waals surface area contributed by atoms with Gasteiger partial charge in [0, 0.05) is 23.3 Å². The number of nitrogens with zero attached hydrogens (tertiary/aromatic N) is 3. The Bertz CT molecular complexity index is 1310. The van der Waals surface area contributed by atoms with E-state index >= 15 is 0 Å². The first kappa shape index (κ1) is 22.8. The number of halogens is 3. The van der Waals surface area contributed by atoms with Crippen LogP contribution in [-0.4, -0.2) is 36.5 Å². The van der Waals surface area contributed by atoms with Crippen LogP contribution in [0.15, 0.2) is 54.7 Å². The lowest BCUT2D eigenvalue weighted by Gasteiger charge is -2.17. The van der Waals surface area contributed by atoms with E-state index in [2.05, 4.69) is 15.2 Å². The monoisotopic (exact) mass is 485 g/mol. The van der Waals surface area contributed by atoms with Crippen LogP contribution in [0.25, 0.3) is 33.6 Å². The number of pyridine rings is 1. The van der Waals surface area contributed by atoms with Crippen LogP contribution in [0.5, 0.6) is 17.2 Å². The molecule has 0 fully saturated rings. The molecule has 0 N–H and O–H groups in total. The first-order chi connectivity index (χ1) is 16.0. The lowest BCUT2D eigenvalue weighted by molar-refractivity contribution is 0.394. The molecule has 0 radical (unpaired) electrons. The van der Waals surface area contributed by atoms with E-state index in [-0.39, 0.29) is 21.4 Å². The van der Waals surface area contributed by atoms with Crippen LogP contribution in [0.2, 0.25) is 10.2 Å². The second-order valence-electron chi connectivity index (χ2n) is 6.88. The maximum atomic E-state index is 14.9. The van der Waals surface area contributed by atoms with Gasteiger partial charge in [-0.1, -0.05) is 35.3 Å². The Morgan fingerprint density at radius 3 is 2.03 bits per heavy atom. The van der Waals surface area contributed by atoms with Gasteiger partial charge in [-0.15, -0.1) is 10.2 Å². The molecule has 0 unspecified atom stereocenters. The molecule has 0 atom stereocenters. The zero-order valence-electron chi connectivity index (χ0n) is 17.9. The molecule has 0 amide bonds. The van der Waals surface area contributed by atoms with Gasteiger partial charge in [-0.25, -0.2) is 4.39 Å². The molecule has 6 nitrogen and oxygen atoms in total. The van der Waals surface area contributed by atoms with E-state index in [1.807, 2.05) is 0 Å². The molecule has 0 spiro atoms. The molecule has 9 heteroatoms. The number of ether oxygens (including phenoxy) is 3. The minimum atomic E-state index is -0.468. The van der Waals surface area contributed by atoms with E-state index in [4.69, 9.17) is 37.4 Å². The topological polar surface area (TPSA) is 66.4 Å². The zero-order chi connectivity index (χ0) is 23.5. The summed E-state index contributed by atoms with van der Waals surface area (Å²) in [5.41, 5.74) is 2.29. The maximum Gasteiger partial charge on any atom is 0.161 e. The molecule has 168 valence electrons. The number of rotatable bonds is 6. The Morgan fingerprint density at radius 1 is 0.758 bits per heavy atom. The summed E-state index contributed by atoms with van der Waals surface area (Å²) in [5, 5.41) is 8.66. The Kier molecular flexibility index (Phi) is 6.62. The molecule has 2 aromatic carbocycles. The average molecular weight is 486 g/mol. The van der Waals surface area contributed by atoms with Crippen molar-refractivity contribution >= 4 is 23.2 Å². The van der Waals surface area contributed by atoms with Gasteiger partial charge in [0.05, 0.1) is 43.8 Å². The third kappa shape index (κ3) is 4.42. The van der Waals surface area contributed by atoms with Crippen molar-refractivity contribution in [3.63, 3.8) is 0 Å². The van der Waals surface area contributed by atoms with E-state index in [1.54, 1.807) is 42.5 Å². The van der Waals surface area contributed by atoms with Gasteiger partial charge in [0.2, 0.25) is 0 Å². The highest BCUT2D eigenvalue weighted by molar-refractivity contribution is 6.36. The Hall–Kier alpha value is -3.42. The molecular weight excluding hydrogens is 468 g/mol. The summed E-state index contributed by atoms with van der Waals surface area (Å²) < 4.78 is 30.9. The quantitative estimate of drug-likeness (QED) is 0.317. The van der Waals surface area contributed by atoms with Crippen LogP contribution in [0.4, 0.5) is 4.39 Å². The van der Waals surface area contributed by atoms with Crippen molar-refractivity contribution in [3.8, 4) is 50.9 Å². The first-order valence-corrected chi connectivity index (χ1v) is 10.5. The standard InChI is InChI=1S/C24H18Cl2FN3O3/c1-31-14-8-13(9-15(10-14)32-2)20-21(23-18(25)11-16(33-3)12-28-23)24(26)30-29-22(20)17-6-4-5-7-19(17)27/h4-12H,1-3H3. The summed E-state index contributed by atoms with van der Waals surface area (Å²) in [7, 11) is 4.59. The number of methoxy groups -OCH3 is 3. The van der Waals surface area contributed by atoms with Gasteiger partial charge in [0.1, 0.15) is 28.8 Å². The van der Waals surface area contributed by atoms with Crippen LogP contribution < -0.4 is 14.2 Å². The number of benzene rings is 2. The van der Waals surface area contributed by atoms with Gasteiger partial charge in [-0.05, 0) is 29.8 Å². The van der Waals surface area contributed by atoms with Crippen molar-refractivity contribution in [1.29, 1.82) is 0 Å². The highest BCUT2D eigenvalue weighted by Gasteiger charge is 2.25. The third-order valence-electron chi connectivity index (χ3n) is 4.99. The number of hydrogen-bond donors (Lipinski definition) is 0. The predicted molar refractivity (Wildman–Crippen MR) is 126 cm³/mol. The molecular formula is C24H18Cl2FN3O3. The van der Waals surface area contributed by atoms with Crippen LogP contribution >= 0.6 is 23.2 Å². The summed E-state index contributed by atoms with van der Waals surface area (Å²) in [6.45, 7) is 0. The fraction of sp³-hybridized carbons (Fsp3) is 0.125. The maximum absolute atomic E-state index is 14.9. The van der Waals surface area contributed by atoms with E-state index in [0.717, 1.165) is 0 Å². The summed E-state index contributed by atoms with van der Waals surface area (Å²) in [6, 6.07) is 13.1. The van der Waals surface area contributed by atoms with Gasteiger partial charge in [-0.3, -0.25) is 4.98 Å². The molecule has 0 aliphatic heterocycles. The summed E-state index contributed by atoms with van der Waals surface area (Å²) in [4.78, 5) is 4.44. The Balaban J connectivity index is 2.12. The molecule has 0 aliphatic carbocycles. The lowest BCUT2D eigenvalue weighted by atomic mass is 9.93.